The van der Waals surface area contributed by atoms with E-state index in [-0.39, 0.29) is 30.1 Å². The molecular weight excluding hydrogens is 308 g/mol. The van der Waals surface area contributed by atoms with Gasteiger partial charge >= 0.3 is 5.97 Å². The molecule has 22 heavy (non-hydrogen) atoms. The Morgan fingerprint density at radius 1 is 1.18 bits per heavy atom. The first kappa shape index (κ1) is 17.2. The van der Waals surface area contributed by atoms with E-state index in [9.17, 15) is 18.0 Å². The van der Waals surface area contributed by atoms with Crippen molar-refractivity contribution < 1.29 is 22.7 Å². The second kappa shape index (κ2) is 7.41. The van der Waals surface area contributed by atoms with Crippen LogP contribution in [0.1, 0.15) is 32.6 Å². The fourth-order valence-electron chi connectivity index (χ4n) is 2.93. The van der Waals surface area contributed by atoms with Crippen molar-refractivity contribution in [2.45, 2.75) is 32.6 Å². The molecule has 0 N–H and O–H groups in total. The number of carbonyl (C=O) groups excluding carboxylic acids is 2. The van der Waals surface area contributed by atoms with E-state index in [1.165, 1.54) is 4.31 Å². The highest BCUT2D eigenvalue weighted by atomic mass is 32.2. The maximum atomic E-state index is 12.3. The summed E-state index contributed by atoms with van der Waals surface area (Å²) in [5.74, 6) is -0.674. The van der Waals surface area contributed by atoms with Gasteiger partial charge in [-0.2, -0.15) is 4.31 Å². The minimum atomic E-state index is -3.30. The van der Waals surface area contributed by atoms with Crippen molar-refractivity contribution in [2.24, 2.45) is 5.92 Å². The first-order valence-corrected chi connectivity index (χ1v) is 9.47. The Bertz CT molecular complexity index is 519. The Hall–Kier alpha value is -1.15. The number of piperidine rings is 1. The van der Waals surface area contributed by atoms with Crippen LogP contribution in [0.4, 0.5) is 0 Å². The summed E-state index contributed by atoms with van der Waals surface area (Å²) in [7, 11) is -3.30. The molecule has 0 aliphatic carbocycles. The average Bonchev–Trinajstić information content (AvgIpc) is 2.49. The quantitative estimate of drug-likeness (QED) is 0.687. The minimum Gasteiger partial charge on any atom is -0.466 e. The van der Waals surface area contributed by atoms with Crippen molar-refractivity contribution in [1.82, 2.24) is 9.21 Å². The van der Waals surface area contributed by atoms with Gasteiger partial charge in [0.05, 0.1) is 24.8 Å². The number of sulfonamides is 1. The van der Waals surface area contributed by atoms with E-state index in [0.717, 1.165) is 12.8 Å². The second-order valence-corrected chi connectivity index (χ2v) is 7.88. The van der Waals surface area contributed by atoms with Gasteiger partial charge in [0.25, 0.3) is 0 Å². The lowest BCUT2D eigenvalue weighted by Crippen LogP contribution is -2.49. The number of rotatable bonds is 4. The summed E-state index contributed by atoms with van der Waals surface area (Å²) < 4.78 is 30.2. The van der Waals surface area contributed by atoms with E-state index >= 15 is 0 Å². The Kier molecular flexibility index (Phi) is 5.80. The predicted octanol–water partition coefficient (Wildman–Crippen LogP) is 0.214. The second-order valence-electron chi connectivity index (χ2n) is 5.79. The number of esters is 1. The molecule has 8 heteroatoms. The molecule has 0 spiro atoms. The van der Waals surface area contributed by atoms with E-state index in [4.69, 9.17) is 4.74 Å². The number of likely N-dealkylation sites (tertiary alicyclic amines) is 1. The molecule has 2 heterocycles. The van der Waals surface area contributed by atoms with Crippen molar-refractivity contribution in [1.29, 1.82) is 0 Å². The highest BCUT2D eigenvalue weighted by Crippen LogP contribution is 2.19. The lowest BCUT2D eigenvalue weighted by molar-refractivity contribution is -0.151. The van der Waals surface area contributed by atoms with Crippen LogP contribution in [0.3, 0.4) is 0 Å². The normalized spacial score (nSPS) is 25.7. The predicted molar refractivity (Wildman–Crippen MR) is 80.5 cm³/mol. The summed E-state index contributed by atoms with van der Waals surface area (Å²) in [5.41, 5.74) is 0. The van der Waals surface area contributed by atoms with Crippen LogP contribution in [-0.2, 0) is 24.3 Å². The number of carbonyl (C=O) groups is 2. The SMILES string of the molecule is CCOC(=O)C1CCCN(C(=O)CN2CCCCS2(=O)=O)C1. The van der Waals surface area contributed by atoms with E-state index in [2.05, 4.69) is 0 Å². The van der Waals surface area contributed by atoms with Crippen molar-refractivity contribution in [3.05, 3.63) is 0 Å². The summed E-state index contributed by atoms with van der Waals surface area (Å²) in [6.07, 6.45) is 2.90. The van der Waals surface area contributed by atoms with Gasteiger partial charge in [-0.25, -0.2) is 8.42 Å². The van der Waals surface area contributed by atoms with E-state index in [1.54, 1.807) is 11.8 Å². The van der Waals surface area contributed by atoms with Gasteiger partial charge in [0.1, 0.15) is 0 Å². The zero-order valence-corrected chi connectivity index (χ0v) is 13.8. The molecule has 7 nitrogen and oxygen atoms in total. The van der Waals surface area contributed by atoms with Gasteiger partial charge in [0.15, 0.2) is 0 Å². The van der Waals surface area contributed by atoms with Crippen molar-refractivity contribution in [3.63, 3.8) is 0 Å². The molecule has 0 aromatic heterocycles. The van der Waals surface area contributed by atoms with Crippen LogP contribution in [0, 0.1) is 5.92 Å². The van der Waals surface area contributed by atoms with Gasteiger partial charge in [0, 0.05) is 19.6 Å². The summed E-state index contributed by atoms with van der Waals surface area (Å²) in [6.45, 7) is 3.27. The molecule has 0 radical (unpaired) electrons. The smallest absolute Gasteiger partial charge is 0.310 e. The van der Waals surface area contributed by atoms with Gasteiger partial charge < -0.3 is 9.64 Å². The summed E-state index contributed by atoms with van der Waals surface area (Å²) in [5, 5.41) is 0. The molecular formula is C14H24N2O5S. The molecule has 2 aliphatic rings. The van der Waals surface area contributed by atoms with Gasteiger partial charge in [-0.05, 0) is 32.6 Å². The number of hydrogen-bond acceptors (Lipinski definition) is 5. The molecule has 2 rings (SSSR count). The molecule has 0 bridgehead atoms. The summed E-state index contributed by atoms with van der Waals surface area (Å²) in [4.78, 5) is 25.7. The molecule has 1 amide bonds. The van der Waals surface area contributed by atoms with E-state index < -0.39 is 10.0 Å². The highest BCUT2D eigenvalue weighted by Gasteiger charge is 2.33. The van der Waals surface area contributed by atoms with Crippen LogP contribution in [0.25, 0.3) is 0 Å². The molecule has 0 aromatic carbocycles. The maximum Gasteiger partial charge on any atom is 0.310 e. The number of amides is 1. The lowest BCUT2D eigenvalue weighted by Gasteiger charge is -2.33. The van der Waals surface area contributed by atoms with E-state index in [1.807, 2.05) is 0 Å². The van der Waals surface area contributed by atoms with Gasteiger partial charge in [-0.15, -0.1) is 0 Å². The molecule has 1 unspecified atom stereocenters. The number of ether oxygens (including phenoxy) is 1. The molecule has 2 saturated heterocycles. The third-order valence-electron chi connectivity index (χ3n) is 4.16. The largest absolute Gasteiger partial charge is 0.466 e. The third kappa shape index (κ3) is 4.19. The molecule has 0 aromatic rings. The van der Waals surface area contributed by atoms with Crippen molar-refractivity contribution in [3.8, 4) is 0 Å². The van der Waals surface area contributed by atoms with Crippen LogP contribution in [0.2, 0.25) is 0 Å². The number of nitrogens with zero attached hydrogens (tertiary/aromatic N) is 2. The van der Waals surface area contributed by atoms with Gasteiger partial charge in [-0.3, -0.25) is 9.59 Å². The first-order valence-electron chi connectivity index (χ1n) is 7.86. The zero-order chi connectivity index (χ0) is 16.2. The summed E-state index contributed by atoms with van der Waals surface area (Å²) in [6, 6.07) is 0. The Morgan fingerprint density at radius 3 is 2.64 bits per heavy atom. The fraction of sp³-hybridized carbons (Fsp3) is 0.857. The monoisotopic (exact) mass is 332 g/mol. The van der Waals surface area contributed by atoms with Gasteiger partial charge in [-0.1, -0.05) is 0 Å². The molecule has 2 aliphatic heterocycles. The molecule has 126 valence electrons. The Balaban J connectivity index is 1.93. The third-order valence-corrected chi connectivity index (χ3v) is 6.06. The van der Waals surface area contributed by atoms with Crippen molar-refractivity contribution in [2.75, 3.05) is 38.5 Å². The van der Waals surface area contributed by atoms with Crippen LogP contribution in [0.15, 0.2) is 0 Å². The highest BCUT2D eigenvalue weighted by molar-refractivity contribution is 7.89. The average molecular weight is 332 g/mol. The van der Waals surface area contributed by atoms with Crippen LogP contribution >= 0.6 is 0 Å². The minimum absolute atomic E-state index is 0.113. The topological polar surface area (TPSA) is 84.0 Å². The molecule has 2 fully saturated rings. The molecule has 1 atom stereocenters. The van der Waals surface area contributed by atoms with Crippen LogP contribution < -0.4 is 0 Å². The van der Waals surface area contributed by atoms with Crippen LogP contribution in [0.5, 0.6) is 0 Å². The molecule has 0 saturated carbocycles. The number of hydrogen-bond donors (Lipinski definition) is 0. The Labute approximate surface area is 131 Å². The maximum absolute atomic E-state index is 12.3. The zero-order valence-electron chi connectivity index (χ0n) is 13.0. The van der Waals surface area contributed by atoms with Crippen LogP contribution in [-0.4, -0.2) is 68.0 Å². The van der Waals surface area contributed by atoms with Crippen molar-refractivity contribution >= 4 is 21.9 Å². The summed E-state index contributed by atoms with van der Waals surface area (Å²) >= 11 is 0. The standard InChI is InChI=1S/C14H24N2O5S/c1-2-21-14(18)12-6-5-7-15(10-12)13(17)11-16-8-3-4-9-22(16,19)20/h12H,2-11H2,1H3. The van der Waals surface area contributed by atoms with Gasteiger partial charge in [0.2, 0.25) is 15.9 Å². The van der Waals surface area contributed by atoms with E-state index in [0.29, 0.717) is 39.1 Å². The first-order chi connectivity index (χ1) is 10.4. The lowest BCUT2D eigenvalue weighted by atomic mass is 9.98. The Morgan fingerprint density at radius 2 is 1.95 bits per heavy atom. The fourth-order valence-corrected chi connectivity index (χ4v) is 4.47.